The Labute approximate surface area is 209 Å². The van der Waals surface area contributed by atoms with Gasteiger partial charge in [0, 0.05) is 12.1 Å². The number of carbonyl (C=O) groups excluding carboxylic acids is 2. The second kappa shape index (κ2) is 10.0. The lowest BCUT2D eigenvalue weighted by Gasteiger charge is -2.24. The minimum atomic E-state index is -1.91. The summed E-state index contributed by atoms with van der Waals surface area (Å²) in [4.78, 5) is 25.2. The van der Waals surface area contributed by atoms with E-state index in [1.165, 1.54) is 13.8 Å². The zero-order chi connectivity index (χ0) is 28.0. The smallest absolute Gasteiger partial charge is 0.418 e. The first-order valence-corrected chi connectivity index (χ1v) is 10.9. The topological polar surface area (TPSA) is 131 Å². The molecule has 0 spiro atoms. The molecule has 2 heterocycles. The fraction of sp³-hybridized carbons (Fsp3) is 0.250. The summed E-state index contributed by atoms with van der Waals surface area (Å²) in [7, 11) is 0. The molecule has 0 aliphatic heterocycles. The highest BCUT2D eigenvalue weighted by Gasteiger charge is 2.37. The molecule has 0 fully saturated rings. The van der Waals surface area contributed by atoms with E-state index < -0.39 is 104 Å². The van der Waals surface area contributed by atoms with Crippen molar-refractivity contribution in [1.82, 2.24) is 0 Å². The molecule has 4 aromatic rings. The van der Waals surface area contributed by atoms with Crippen LogP contribution in [0.3, 0.4) is 0 Å². The van der Waals surface area contributed by atoms with Crippen molar-refractivity contribution in [1.29, 1.82) is 0 Å². The first-order valence-electron chi connectivity index (χ1n) is 10.9. The van der Waals surface area contributed by atoms with E-state index in [1.54, 1.807) is 0 Å². The first-order chi connectivity index (χ1) is 17.9. The summed E-state index contributed by atoms with van der Waals surface area (Å²) in [5.74, 6) is -14.2. The molecule has 2 aromatic heterocycles. The van der Waals surface area contributed by atoms with Gasteiger partial charge in [0.2, 0.25) is 0 Å². The maximum absolute atomic E-state index is 14.7. The Bertz CT molecular complexity index is 1450. The maximum atomic E-state index is 14.7. The second-order valence-corrected chi connectivity index (χ2v) is 8.41. The molecule has 38 heavy (non-hydrogen) atoms. The number of carbonyl (C=O) groups is 2. The first kappa shape index (κ1) is 27.0. The standard InChI is InChI=1S/C24H18F6N2O6/c1-7(31)19(11-15(27)17(29)13(25)9-3-5-35-21(9)11)37-23(33)24(34)38-20(8(2)32)12-16(28)18(30)14(26)10-4-6-36-22(10)12/h3-8,19-20H,31-32H2,1-2H3. The molecule has 0 saturated heterocycles. The molecule has 2 aromatic carbocycles. The number of ether oxygens (including phenoxy) is 2. The molecule has 0 bridgehead atoms. The number of fused-ring (bicyclic) bond motifs is 2. The summed E-state index contributed by atoms with van der Waals surface area (Å²) in [6, 6.07) is -0.640. The van der Waals surface area contributed by atoms with Gasteiger partial charge in [0.1, 0.15) is 23.4 Å². The molecule has 0 radical (unpaired) electrons. The van der Waals surface area contributed by atoms with Gasteiger partial charge in [-0.1, -0.05) is 0 Å². The summed E-state index contributed by atoms with van der Waals surface area (Å²) in [5, 5.41) is -0.979. The van der Waals surface area contributed by atoms with Crippen LogP contribution in [-0.2, 0) is 19.1 Å². The van der Waals surface area contributed by atoms with Crippen LogP contribution in [0.2, 0.25) is 0 Å². The number of nitrogens with two attached hydrogens (primary N) is 2. The van der Waals surface area contributed by atoms with E-state index >= 15 is 0 Å². The van der Waals surface area contributed by atoms with Crippen molar-refractivity contribution < 1.29 is 54.2 Å². The molecule has 202 valence electrons. The Kier molecular flexibility index (Phi) is 7.12. The van der Waals surface area contributed by atoms with Gasteiger partial charge >= 0.3 is 11.9 Å². The molecule has 4 atom stereocenters. The van der Waals surface area contributed by atoms with E-state index in [-0.39, 0.29) is 0 Å². The maximum Gasteiger partial charge on any atom is 0.418 e. The Morgan fingerprint density at radius 3 is 1.32 bits per heavy atom. The largest absolute Gasteiger partial charge is 0.464 e. The van der Waals surface area contributed by atoms with Gasteiger partial charge in [-0.05, 0) is 26.0 Å². The lowest BCUT2D eigenvalue weighted by atomic mass is 10.00. The fourth-order valence-corrected chi connectivity index (χ4v) is 3.94. The van der Waals surface area contributed by atoms with Gasteiger partial charge in [-0.25, -0.2) is 35.9 Å². The van der Waals surface area contributed by atoms with Gasteiger partial charge in [0.15, 0.2) is 34.9 Å². The van der Waals surface area contributed by atoms with Crippen LogP contribution < -0.4 is 11.5 Å². The summed E-state index contributed by atoms with van der Waals surface area (Å²) >= 11 is 0. The number of benzene rings is 2. The molecule has 14 heteroatoms. The summed E-state index contributed by atoms with van der Waals surface area (Å²) in [6.45, 7) is 2.40. The van der Waals surface area contributed by atoms with E-state index in [4.69, 9.17) is 29.8 Å². The Hall–Kier alpha value is -4.04. The number of furan rings is 2. The summed E-state index contributed by atoms with van der Waals surface area (Å²) in [6.07, 6.45) is -1.96. The van der Waals surface area contributed by atoms with Crippen LogP contribution >= 0.6 is 0 Å². The number of esters is 2. The Morgan fingerprint density at radius 1 is 0.658 bits per heavy atom. The van der Waals surface area contributed by atoms with Crippen molar-refractivity contribution in [2.45, 2.75) is 38.1 Å². The zero-order valence-corrected chi connectivity index (χ0v) is 19.5. The highest BCUT2D eigenvalue weighted by Crippen LogP contribution is 2.37. The minimum Gasteiger partial charge on any atom is -0.464 e. The predicted molar refractivity (Wildman–Crippen MR) is 117 cm³/mol. The van der Waals surface area contributed by atoms with Crippen molar-refractivity contribution in [3.63, 3.8) is 0 Å². The van der Waals surface area contributed by atoms with Gasteiger partial charge in [-0.2, -0.15) is 0 Å². The third kappa shape index (κ3) is 4.35. The SMILES string of the molecule is CC(N)C(OC(=O)C(=O)OC(c1c(F)c(F)c(F)c2ccoc12)C(C)N)c1c(F)c(F)c(F)c2ccoc12. The number of hydrogen-bond donors (Lipinski definition) is 2. The molecular weight excluding hydrogens is 526 g/mol. The zero-order valence-electron chi connectivity index (χ0n) is 19.5. The second-order valence-electron chi connectivity index (χ2n) is 8.41. The van der Waals surface area contributed by atoms with Crippen LogP contribution in [0.15, 0.2) is 33.5 Å². The average Bonchev–Trinajstić information content (AvgIpc) is 3.55. The molecule has 0 aliphatic rings. The van der Waals surface area contributed by atoms with Crippen molar-refractivity contribution in [3.05, 3.63) is 70.7 Å². The van der Waals surface area contributed by atoms with Crippen LogP contribution in [0.1, 0.15) is 37.2 Å². The van der Waals surface area contributed by atoms with Gasteiger partial charge in [0.25, 0.3) is 0 Å². The van der Waals surface area contributed by atoms with Crippen molar-refractivity contribution >= 4 is 33.9 Å². The summed E-state index contributed by atoms with van der Waals surface area (Å²) in [5.41, 5.74) is 8.85. The van der Waals surface area contributed by atoms with E-state index in [0.29, 0.717) is 0 Å². The molecule has 4 unspecified atom stereocenters. The fourth-order valence-electron chi connectivity index (χ4n) is 3.94. The number of halogens is 6. The van der Waals surface area contributed by atoms with Crippen molar-refractivity contribution in [2.75, 3.05) is 0 Å². The van der Waals surface area contributed by atoms with Crippen molar-refractivity contribution in [3.8, 4) is 0 Å². The van der Waals surface area contributed by atoms with Crippen LogP contribution in [0.4, 0.5) is 26.3 Å². The van der Waals surface area contributed by atoms with Gasteiger partial charge in [-0.15, -0.1) is 0 Å². The van der Waals surface area contributed by atoms with Gasteiger partial charge < -0.3 is 29.8 Å². The third-order valence-corrected chi connectivity index (χ3v) is 5.70. The van der Waals surface area contributed by atoms with Crippen molar-refractivity contribution in [2.24, 2.45) is 11.5 Å². The van der Waals surface area contributed by atoms with Crippen LogP contribution in [0, 0.1) is 34.9 Å². The highest BCUT2D eigenvalue weighted by molar-refractivity contribution is 6.29. The predicted octanol–water partition coefficient (Wildman–Crippen LogP) is 4.58. The van der Waals surface area contributed by atoms with Gasteiger partial charge in [-0.3, -0.25) is 0 Å². The van der Waals surface area contributed by atoms with E-state index in [2.05, 4.69) is 0 Å². The molecule has 0 amide bonds. The Morgan fingerprint density at radius 2 is 1.00 bits per heavy atom. The Balaban J connectivity index is 1.68. The average molecular weight is 544 g/mol. The lowest BCUT2D eigenvalue weighted by Crippen LogP contribution is -2.36. The minimum absolute atomic E-state index is 0.489. The molecular formula is C24H18F6N2O6. The lowest BCUT2D eigenvalue weighted by molar-refractivity contribution is -0.175. The van der Waals surface area contributed by atoms with Crippen LogP contribution in [0.25, 0.3) is 21.9 Å². The van der Waals surface area contributed by atoms with Crippen LogP contribution in [-0.4, -0.2) is 24.0 Å². The monoisotopic (exact) mass is 544 g/mol. The molecule has 4 rings (SSSR count). The van der Waals surface area contributed by atoms with Gasteiger partial charge in [0.05, 0.1) is 34.4 Å². The highest BCUT2D eigenvalue weighted by atomic mass is 19.2. The normalized spacial score (nSPS) is 14.9. The third-order valence-electron chi connectivity index (χ3n) is 5.70. The van der Waals surface area contributed by atoms with Crippen LogP contribution in [0.5, 0.6) is 0 Å². The van der Waals surface area contributed by atoms with E-state index in [9.17, 15) is 35.9 Å². The molecule has 0 aliphatic carbocycles. The van der Waals surface area contributed by atoms with E-state index in [1.807, 2.05) is 0 Å². The number of rotatable bonds is 6. The van der Waals surface area contributed by atoms with E-state index in [0.717, 1.165) is 24.7 Å². The summed E-state index contributed by atoms with van der Waals surface area (Å²) < 4.78 is 106. The molecule has 4 N–H and O–H groups in total. The molecule has 0 saturated carbocycles. The molecule has 8 nitrogen and oxygen atoms in total. The number of hydrogen-bond acceptors (Lipinski definition) is 8. The quantitative estimate of drug-likeness (QED) is 0.156.